The average Bonchev–Trinajstić information content (AvgIpc) is 2.46. The van der Waals surface area contributed by atoms with E-state index in [0.717, 1.165) is 6.42 Å². The highest BCUT2D eigenvalue weighted by molar-refractivity contribution is 5.38. The highest BCUT2D eigenvalue weighted by atomic mass is 16.5. The second-order valence-corrected chi connectivity index (χ2v) is 5.03. The van der Waals surface area contributed by atoms with E-state index >= 15 is 0 Å². The third-order valence-corrected chi connectivity index (χ3v) is 3.79. The lowest BCUT2D eigenvalue weighted by Gasteiger charge is -2.36. The van der Waals surface area contributed by atoms with Crippen molar-refractivity contribution in [3.8, 4) is 6.01 Å². The summed E-state index contributed by atoms with van der Waals surface area (Å²) in [4.78, 5) is 14.7. The van der Waals surface area contributed by atoms with Gasteiger partial charge < -0.3 is 9.64 Å². The van der Waals surface area contributed by atoms with Gasteiger partial charge in [0.05, 0.1) is 7.11 Å². The molecule has 19 heavy (non-hydrogen) atoms. The fraction of sp³-hybridized carbons (Fsp3) is 0.750. The number of hydrogen-bond donors (Lipinski definition) is 2. The molecular weight excluding hydrogens is 244 g/mol. The average molecular weight is 266 g/mol. The van der Waals surface area contributed by atoms with Crippen molar-refractivity contribution in [1.82, 2.24) is 15.0 Å². The van der Waals surface area contributed by atoms with Crippen LogP contribution in [0.3, 0.4) is 0 Å². The van der Waals surface area contributed by atoms with Crippen LogP contribution in [-0.4, -0.2) is 35.2 Å². The van der Waals surface area contributed by atoms with Gasteiger partial charge in [0.1, 0.15) is 0 Å². The molecule has 1 aromatic heterocycles. The minimum Gasteiger partial charge on any atom is -0.467 e. The van der Waals surface area contributed by atoms with E-state index in [0.29, 0.717) is 23.9 Å². The summed E-state index contributed by atoms with van der Waals surface area (Å²) in [7, 11) is 3.55. The zero-order valence-corrected chi connectivity index (χ0v) is 11.8. The molecule has 0 saturated heterocycles. The van der Waals surface area contributed by atoms with E-state index in [1.54, 1.807) is 0 Å². The molecule has 2 atom stereocenters. The summed E-state index contributed by atoms with van der Waals surface area (Å²) in [6.45, 7) is 2.28. The summed E-state index contributed by atoms with van der Waals surface area (Å²) in [5, 5.41) is 0. The maximum absolute atomic E-state index is 5.37. The van der Waals surface area contributed by atoms with Crippen molar-refractivity contribution in [2.45, 2.75) is 38.6 Å². The molecule has 1 aromatic rings. The normalized spacial score (nSPS) is 22.9. The van der Waals surface area contributed by atoms with Crippen molar-refractivity contribution in [2.75, 3.05) is 24.5 Å². The summed E-state index contributed by atoms with van der Waals surface area (Å²) < 4.78 is 5.08. The molecule has 3 N–H and O–H groups in total. The van der Waals surface area contributed by atoms with Gasteiger partial charge in [0.25, 0.3) is 0 Å². The Hall–Kier alpha value is -1.63. The van der Waals surface area contributed by atoms with Gasteiger partial charge in [-0.15, -0.1) is 0 Å². The molecule has 0 aliphatic heterocycles. The van der Waals surface area contributed by atoms with Crippen LogP contribution in [0.2, 0.25) is 0 Å². The van der Waals surface area contributed by atoms with Gasteiger partial charge in [0, 0.05) is 13.1 Å². The van der Waals surface area contributed by atoms with E-state index in [2.05, 4.69) is 32.2 Å². The molecule has 1 heterocycles. The van der Waals surface area contributed by atoms with E-state index < -0.39 is 0 Å². The maximum Gasteiger partial charge on any atom is 0.322 e. The summed E-state index contributed by atoms with van der Waals surface area (Å²) in [6, 6.07) is 0.722. The molecule has 0 radical (unpaired) electrons. The Balaban J connectivity index is 2.24. The molecular formula is C12H22N6O. The fourth-order valence-electron chi connectivity index (χ4n) is 2.68. The molecule has 1 aliphatic carbocycles. The topological polar surface area (TPSA) is 89.2 Å². The standard InChI is InChI=1S/C12H22N6O/c1-8-6-4-5-7-9(8)18(2)11-14-10(17-13)15-12(16-11)19-3/h8-9H,4-7,13H2,1-3H3,(H,14,15,16,17). The van der Waals surface area contributed by atoms with Gasteiger partial charge in [-0.05, 0) is 18.8 Å². The Morgan fingerprint density at radius 1 is 1.26 bits per heavy atom. The monoisotopic (exact) mass is 266 g/mol. The number of methoxy groups -OCH3 is 1. The van der Waals surface area contributed by atoms with Gasteiger partial charge in [-0.1, -0.05) is 19.8 Å². The lowest BCUT2D eigenvalue weighted by molar-refractivity contribution is 0.317. The van der Waals surface area contributed by atoms with E-state index in [-0.39, 0.29) is 6.01 Å². The van der Waals surface area contributed by atoms with Crippen molar-refractivity contribution >= 4 is 11.9 Å². The predicted octanol–water partition coefficient (Wildman–Crippen LogP) is 1.18. The second kappa shape index (κ2) is 6.01. The number of hydrazine groups is 1. The number of nitrogens with two attached hydrogens (primary N) is 1. The first kappa shape index (κ1) is 13.8. The second-order valence-electron chi connectivity index (χ2n) is 5.03. The number of ether oxygens (including phenoxy) is 1. The van der Waals surface area contributed by atoms with Crippen molar-refractivity contribution in [1.29, 1.82) is 0 Å². The van der Waals surface area contributed by atoms with E-state index in [1.807, 2.05) is 7.05 Å². The Labute approximate surface area is 113 Å². The Kier molecular flexibility index (Phi) is 4.36. The molecule has 0 amide bonds. The number of rotatable bonds is 4. The van der Waals surface area contributed by atoms with Gasteiger partial charge in [-0.25, -0.2) is 5.84 Å². The molecule has 1 fully saturated rings. The minimum atomic E-state index is 0.272. The smallest absolute Gasteiger partial charge is 0.322 e. The number of hydrogen-bond acceptors (Lipinski definition) is 7. The van der Waals surface area contributed by atoms with Crippen LogP contribution in [0, 0.1) is 5.92 Å². The van der Waals surface area contributed by atoms with Crippen LogP contribution in [0.4, 0.5) is 11.9 Å². The Morgan fingerprint density at radius 2 is 2.00 bits per heavy atom. The molecule has 0 spiro atoms. The fourth-order valence-corrected chi connectivity index (χ4v) is 2.68. The van der Waals surface area contributed by atoms with Crippen LogP contribution in [0.1, 0.15) is 32.6 Å². The Morgan fingerprint density at radius 3 is 2.63 bits per heavy atom. The number of nitrogens with one attached hydrogen (secondary N) is 1. The highest BCUT2D eigenvalue weighted by Gasteiger charge is 2.27. The maximum atomic E-state index is 5.37. The molecule has 106 valence electrons. The highest BCUT2D eigenvalue weighted by Crippen LogP contribution is 2.29. The molecule has 1 saturated carbocycles. The van der Waals surface area contributed by atoms with Gasteiger partial charge in [0.2, 0.25) is 11.9 Å². The molecule has 2 rings (SSSR count). The zero-order chi connectivity index (χ0) is 13.8. The minimum absolute atomic E-state index is 0.272. The summed E-state index contributed by atoms with van der Waals surface area (Å²) in [5.74, 6) is 6.92. The first-order valence-electron chi connectivity index (χ1n) is 6.65. The predicted molar refractivity (Wildman–Crippen MR) is 74.0 cm³/mol. The van der Waals surface area contributed by atoms with Crippen LogP contribution < -0.4 is 20.9 Å². The molecule has 2 unspecified atom stereocenters. The van der Waals surface area contributed by atoms with Gasteiger partial charge in [-0.3, -0.25) is 5.43 Å². The van der Waals surface area contributed by atoms with E-state index in [4.69, 9.17) is 10.6 Å². The van der Waals surface area contributed by atoms with Crippen molar-refractivity contribution in [2.24, 2.45) is 11.8 Å². The number of nitrogens with zero attached hydrogens (tertiary/aromatic N) is 4. The van der Waals surface area contributed by atoms with Crippen molar-refractivity contribution in [3.05, 3.63) is 0 Å². The van der Waals surface area contributed by atoms with Gasteiger partial charge in [-0.2, -0.15) is 15.0 Å². The van der Waals surface area contributed by atoms with E-state index in [1.165, 1.54) is 26.4 Å². The van der Waals surface area contributed by atoms with Crippen LogP contribution in [0.5, 0.6) is 6.01 Å². The largest absolute Gasteiger partial charge is 0.467 e. The van der Waals surface area contributed by atoms with Gasteiger partial charge >= 0.3 is 6.01 Å². The Bertz CT molecular complexity index is 404. The summed E-state index contributed by atoms with van der Waals surface area (Å²) in [5.41, 5.74) is 2.44. The van der Waals surface area contributed by atoms with Crippen molar-refractivity contribution < 1.29 is 4.74 Å². The lowest BCUT2D eigenvalue weighted by atomic mass is 9.85. The molecule has 1 aliphatic rings. The first-order chi connectivity index (χ1) is 9.15. The van der Waals surface area contributed by atoms with Gasteiger partial charge in [0.15, 0.2) is 0 Å². The van der Waals surface area contributed by atoms with Crippen LogP contribution in [-0.2, 0) is 0 Å². The van der Waals surface area contributed by atoms with Crippen LogP contribution in [0.25, 0.3) is 0 Å². The van der Waals surface area contributed by atoms with E-state index in [9.17, 15) is 0 Å². The number of nitrogen functional groups attached to an aromatic ring is 1. The summed E-state index contributed by atoms with van der Waals surface area (Å²) in [6.07, 6.45) is 4.97. The lowest BCUT2D eigenvalue weighted by Crippen LogP contribution is -2.40. The van der Waals surface area contributed by atoms with Crippen molar-refractivity contribution in [3.63, 3.8) is 0 Å². The van der Waals surface area contributed by atoms with Crippen LogP contribution in [0.15, 0.2) is 0 Å². The molecule has 0 bridgehead atoms. The number of aromatic nitrogens is 3. The first-order valence-corrected chi connectivity index (χ1v) is 6.65. The third kappa shape index (κ3) is 3.04. The van der Waals surface area contributed by atoms with Crippen LogP contribution >= 0.6 is 0 Å². The quantitative estimate of drug-likeness (QED) is 0.624. The zero-order valence-electron chi connectivity index (χ0n) is 11.8. The molecule has 0 aromatic carbocycles. The SMILES string of the molecule is COc1nc(NN)nc(N(C)C2CCCCC2C)n1. The summed E-state index contributed by atoms with van der Waals surface area (Å²) >= 11 is 0. The molecule has 7 nitrogen and oxygen atoms in total. The molecule has 7 heteroatoms. The number of anilines is 2. The third-order valence-electron chi connectivity index (χ3n) is 3.79.